The summed E-state index contributed by atoms with van der Waals surface area (Å²) in [6.45, 7) is 7.05. The van der Waals surface area contributed by atoms with Gasteiger partial charge in [0.05, 0.1) is 30.6 Å². The van der Waals surface area contributed by atoms with Gasteiger partial charge >= 0.3 is 11.9 Å². The number of fused-ring (bicyclic) bond motifs is 3. The minimum absolute atomic E-state index is 0.0383. The second kappa shape index (κ2) is 11.9. The highest BCUT2D eigenvalue weighted by molar-refractivity contribution is 5.86. The molecule has 10 heteroatoms. The lowest BCUT2D eigenvalue weighted by Gasteiger charge is -2.39. The molecule has 1 aromatic rings. The highest BCUT2D eigenvalue weighted by Crippen LogP contribution is 2.55. The van der Waals surface area contributed by atoms with Crippen LogP contribution in [0.1, 0.15) is 76.3 Å². The Kier molecular flexibility index (Phi) is 8.60. The second-order valence-electron chi connectivity index (χ2n) is 12.4. The number of methoxy groups -OCH3 is 1. The average Bonchev–Trinajstić information content (AvgIpc) is 3.61. The van der Waals surface area contributed by atoms with Crippen LogP contribution in [0.2, 0.25) is 0 Å². The third-order valence-electron chi connectivity index (χ3n) is 8.97. The van der Waals surface area contributed by atoms with Gasteiger partial charge in [-0.25, -0.2) is 4.79 Å². The monoisotopic (exact) mass is 585 g/mol. The molecule has 3 heterocycles. The van der Waals surface area contributed by atoms with Crippen LogP contribution in [-0.4, -0.2) is 83.5 Å². The van der Waals surface area contributed by atoms with E-state index in [1.807, 2.05) is 12.1 Å². The third kappa shape index (κ3) is 5.89. The summed E-state index contributed by atoms with van der Waals surface area (Å²) in [5.41, 5.74) is -1.48. The van der Waals surface area contributed by atoms with Crippen molar-refractivity contribution in [3.8, 4) is 11.5 Å². The Hall–Kier alpha value is -3.08. The van der Waals surface area contributed by atoms with E-state index < -0.39 is 41.2 Å². The van der Waals surface area contributed by atoms with Crippen LogP contribution in [0.5, 0.6) is 11.5 Å². The number of rotatable bonds is 11. The van der Waals surface area contributed by atoms with Crippen molar-refractivity contribution in [1.82, 2.24) is 4.90 Å². The third-order valence-corrected chi connectivity index (χ3v) is 8.97. The standard InChI is InChI=1S/C32H43NO9/c1-5-6-15-39-26(34)19-32(37,12-7-10-30(2,3)36)29(35)42-28-25(38-4)18-31-11-8-13-33(31)14-9-21-16-23-24(41-20-40-23)17-22(21)27(28)31/h5-6,16-18,27-28,36-37H,7-15,19-20H2,1-4H3/t27-,28?,31?,32?/m1/s1. The minimum Gasteiger partial charge on any atom is -0.497 e. The number of nitrogens with zero attached hydrogens (tertiary/aromatic N) is 1. The number of esters is 2. The molecule has 3 aliphatic heterocycles. The van der Waals surface area contributed by atoms with Gasteiger partial charge in [0.1, 0.15) is 12.4 Å². The first-order chi connectivity index (χ1) is 20.0. The molecule has 1 aromatic carbocycles. The van der Waals surface area contributed by atoms with Crippen molar-refractivity contribution in [3.63, 3.8) is 0 Å². The number of hydrogen-bond acceptors (Lipinski definition) is 10. The van der Waals surface area contributed by atoms with E-state index >= 15 is 0 Å². The molecule has 1 saturated heterocycles. The number of carbonyl (C=O) groups excluding carboxylic acids is 2. The predicted octanol–water partition coefficient (Wildman–Crippen LogP) is 3.53. The summed E-state index contributed by atoms with van der Waals surface area (Å²) in [6.07, 6.45) is 7.29. The maximum absolute atomic E-state index is 14.0. The molecule has 5 rings (SSSR count). The van der Waals surface area contributed by atoms with Crippen LogP contribution in [0.15, 0.2) is 36.1 Å². The van der Waals surface area contributed by atoms with E-state index in [9.17, 15) is 19.8 Å². The first-order valence-corrected chi connectivity index (χ1v) is 14.9. The number of allylic oxidation sites excluding steroid dienone is 1. The highest BCUT2D eigenvalue weighted by atomic mass is 16.7. The molecular weight excluding hydrogens is 542 g/mol. The van der Waals surface area contributed by atoms with Crippen molar-refractivity contribution >= 4 is 11.9 Å². The summed E-state index contributed by atoms with van der Waals surface area (Å²) in [5.74, 6) is -0.0707. The molecule has 0 aromatic heterocycles. The van der Waals surface area contributed by atoms with Gasteiger partial charge in [-0.05, 0) is 95.2 Å². The van der Waals surface area contributed by atoms with Gasteiger partial charge in [-0.1, -0.05) is 12.2 Å². The van der Waals surface area contributed by atoms with Crippen LogP contribution in [0, 0.1) is 0 Å². The first-order valence-electron chi connectivity index (χ1n) is 14.9. The van der Waals surface area contributed by atoms with Crippen LogP contribution in [0.3, 0.4) is 0 Å². The Bertz CT molecular complexity index is 1250. The Labute approximate surface area is 247 Å². The van der Waals surface area contributed by atoms with Gasteiger partial charge in [-0.15, -0.1) is 0 Å². The van der Waals surface area contributed by atoms with Gasteiger partial charge in [-0.3, -0.25) is 9.69 Å². The smallest absolute Gasteiger partial charge is 0.339 e. The molecule has 0 saturated carbocycles. The lowest BCUT2D eigenvalue weighted by atomic mass is 9.77. The molecule has 4 atom stereocenters. The van der Waals surface area contributed by atoms with Crippen molar-refractivity contribution in [2.45, 2.75) is 94.5 Å². The fraction of sp³-hybridized carbons (Fsp3) is 0.625. The van der Waals surface area contributed by atoms with E-state index in [0.717, 1.165) is 43.5 Å². The molecule has 0 bridgehead atoms. The van der Waals surface area contributed by atoms with E-state index in [1.54, 1.807) is 40.0 Å². The number of hydrogen-bond donors (Lipinski definition) is 2. The summed E-state index contributed by atoms with van der Waals surface area (Å²) < 4.78 is 28.7. The zero-order valence-electron chi connectivity index (χ0n) is 25.0. The van der Waals surface area contributed by atoms with Crippen LogP contribution in [0.25, 0.3) is 0 Å². The molecule has 2 N–H and O–H groups in total. The predicted molar refractivity (Wildman–Crippen MR) is 153 cm³/mol. The van der Waals surface area contributed by atoms with E-state index in [-0.39, 0.29) is 25.7 Å². The van der Waals surface area contributed by atoms with Gasteiger partial charge in [-0.2, -0.15) is 0 Å². The molecule has 4 aliphatic rings. The topological polar surface area (TPSA) is 124 Å². The average molecular weight is 586 g/mol. The van der Waals surface area contributed by atoms with Gasteiger partial charge in [0, 0.05) is 6.54 Å². The second-order valence-corrected chi connectivity index (χ2v) is 12.4. The van der Waals surface area contributed by atoms with Crippen LogP contribution < -0.4 is 9.47 Å². The largest absolute Gasteiger partial charge is 0.497 e. The molecule has 1 fully saturated rings. The number of aliphatic hydroxyl groups is 2. The van der Waals surface area contributed by atoms with E-state index in [4.69, 9.17) is 23.7 Å². The SMILES string of the molecule is CC=CCOC(=O)CC(O)(CCCC(C)(C)O)C(=O)OC1C(OC)=CC23CCCN2CCc2cc4c(cc2[C@H]13)OCO4. The number of ether oxygens (including phenoxy) is 5. The molecule has 42 heavy (non-hydrogen) atoms. The van der Waals surface area contributed by atoms with Crippen molar-refractivity contribution in [3.05, 3.63) is 47.2 Å². The fourth-order valence-corrected chi connectivity index (χ4v) is 6.92. The molecule has 0 amide bonds. The van der Waals surface area contributed by atoms with Crippen LogP contribution >= 0.6 is 0 Å². The van der Waals surface area contributed by atoms with E-state index in [0.29, 0.717) is 30.1 Å². The van der Waals surface area contributed by atoms with Crippen LogP contribution in [-0.2, 0) is 30.2 Å². The number of benzene rings is 1. The number of carbonyl (C=O) groups is 2. The molecule has 230 valence electrons. The lowest BCUT2D eigenvalue weighted by molar-refractivity contribution is -0.179. The summed E-state index contributed by atoms with van der Waals surface area (Å²) >= 11 is 0. The minimum atomic E-state index is -2.15. The molecule has 0 radical (unpaired) electrons. The Balaban J connectivity index is 1.47. The van der Waals surface area contributed by atoms with Crippen molar-refractivity contribution in [2.75, 3.05) is 33.6 Å². The summed E-state index contributed by atoms with van der Waals surface area (Å²) in [6, 6.07) is 4.01. The van der Waals surface area contributed by atoms with Crippen molar-refractivity contribution < 1.29 is 43.5 Å². The molecule has 3 unspecified atom stereocenters. The lowest BCUT2D eigenvalue weighted by Crippen LogP contribution is -2.49. The maximum atomic E-state index is 14.0. The summed E-state index contributed by atoms with van der Waals surface area (Å²) in [5, 5.41) is 21.9. The quantitative estimate of drug-likeness (QED) is 0.294. The molecule has 10 nitrogen and oxygen atoms in total. The van der Waals surface area contributed by atoms with Crippen LogP contribution in [0.4, 0.5) is 0 Å². The summed E-state index contributed by atoms with van der Waals surface area (Å²) in [7, 11) is 1.56. The Morgan fingerprint density at radius 2 is 1.93 bits per heavy atom. The molecule has 1 spiro atoms. The highest BCUT2D eigenvalue weighted by Gasteiger charge is 2.59. The summed E-state index contributed by atoms with van der Waals surface area (Å²) in [4.78, 5) is 29.1. The van der Waals surface area contributed by atoms with E-state index in [1.165, 1.54) is 0 Å². The van der Waals surface area contributed by atoms with Crippen molar-refractivity contribution in [1.29, 1.82) is 0 Å². The molecular formula is C32H43NO9. The van der Waals surface area contributed by atoms with Crippen molar-refractivity contribution in [2.24, 2.45) is 0 Å². The van der Waals surface area contributed by atoms with Gasteiger partial charge in [0.15, 0.2) is 23.2 Å². The zero-order valence-corrected chi connectivity index (χ0v) is 25.0. The first kappa shape index (κ1) is 30.4. The van der Waals surface area contributed by atoms with Gasteiger partial charge in [0.25, 0.3) is 0 Å². The maximum Gasteiger partial charge on any atom is 0.339 e. The molecule has 1 aliphatic carbocycles. The Morgan fingerprint density at radius 3 is 2.64 bits per heavy atom. The normalized spacial score (nSPS) is 26.1. The van der Waals surface area contributed by atoms with Gasteiger partial charge in [0.2, 0.25) is 6.79 Å². The van der Waals surface area contributed by atoms with E-state index in [2.05, 4.69) is 11.0 Å². The zero-order chi connectivity index (χ0) is 30.1. The fourth-order valence-electron chi connectivity index (χ4n) is 6.92. The van der Waals surface area contributed by atoms with Gasteiger partial charge < -0.3 is 33.9 Å². The Morgan fingerprint density at radius 1 is 1.17 bits per heavy atom.